The minimum atomic E-state index is -0.958. The molecule has 2 aliphatic heterocycles. The van der Waals surface area contributed by atoms with Crippen molar-refractivity contribution in [1.82, 2.24) is 19.8 Å². The zero-order chi connectivity index (χ0) is 30.7. The highest BCUT2D eigenvalue weighted by Crippen LogP contribution is 2.46. The van der Waals surface area contributed by atoms with E-state index in [0.717, 1.165) is 41.3 Å². The first-order valence-electron chi connectivity index (χ1n) is 15.2. The SMILES string of the molecule is CN1CC(C)(c2cc(F)cc(F)c2)N(CC=Cc2cnc3c(c2)CC2(C3)C(=O)Nc3ncccc32)C(=O)C12CC=CCCC2. The number of fused-ring (bicyclic) bond motifs is 3. The first-order valence-corrected chi connectivity index (χ1v) is 15.2. The van der Waals surface area contributed by atoms with Crippen LogP contribution in [0.15, 0.2) is 67.0 Å². The van der Waals surface area contributed by atoms with Gasteiger partial charge >= 0.3 is 0 Å². The number of carbonyl (C=O) groups excluding carboxylic acids is 2. The van der Waals surface area contributed by atoms with Crippen molar-refractivity contribution >= 4 is 23.7 Å². The average Bonchev–Trinajstić information content (AvgIpc) is 3.37. The zero-order valence-electron chi connectivity index (χ0n) is 24.9. The molecule has 2 aromatic heterocycles. The maximum Gasteiger partial charge on any atom is 0.244 e. The standard InChI is InChI=1S/C35H35F2N5O2/c1-33(25-16-26(36)18-27(37)17-25)22-41(2)35(11-5-3-4-6-12-35)32(44)42(33)14-8-9-23-15-24-19-34(20-29(24)39-21-23)28-10-7-13-38-30(28)40-31(34)43/h3,5,7-10,13,15-18,21H,4,6,11-12,14,19-20,22H2,1-2H3,(H,38,40,43). The van der Waals surface area contributed by atoms with E-state index in [-0.39, 0.29) is 18.4 Å². The Morgan fingerprint density at radius 1 is 1.07 bits per heavy atom. The van der Waals surface area contributed by atoms with Gasteiger partial charge in [0.05, 0.1) is 11.0 Å². The van der Waals surface area contributed by atoms with E-state index < -0.39 is 28.1 Å². The van der Waals surface area contributed by atoms with Gasteiger partial charge in [-0.15, -0.1) is 0 Å². The molecule has 3 aromatic rings. The van der Waals surface area contributed by atoms with Gasteiger partial charge in [-0.25, -0.2) is 13.8 Å². The average molecular weight is 596 g/mol. The summed E-state index contributed by atoms with van der Waals surface area (Å²) in [7, 11) is 1.94. The van der Waals surface area contributed by atoms with Crippen LogP contribution in [0.3, 0.4) is 0 Å². The molecule has 7 rings (SSSR count). The van der Waals surface area contributed by atoms with Crippen LogP contribution in [0.25, 0.3) is 6.08 Å². The Balaban J connectivity index is 1.19. The summed E-state index contributed by atoms with van der Waals surface area (Å²) >= 11 is 0. The maximum atomic E-state index is 14.5. The third-order valence-corrected chi connectivity index (χ3v) is 10.2. The third kappa shape index (κ3) is 4.39. The molecule has 2 spiro atoms. The molecule has 4 heterocycles. The van der Waals surface area contributed by atoms with E-state index in [1.807, 2.05) is 38.3 Å². The fraction of sp³-hybridized carbons (Fsp3) is 0.371. The molecule has 0 radical (unpaired) electrons. The number of nitrogens with one attached hydrogen (secondary N) is 1. The second-order valence-corrected chi connectivity index (χ2v) is 12.9. The van der Waals surface area contributed by atoms with E-state index >= 15 is 0 Å². The van der Waals surface area contributed by atoms with Crippen molar-refractivity contribution in [2.75, 3.05) is 25.5 Å². The Labute approximate surface area is 255 Å². The van der Waals surface area contributed by atoms with Crippen LogP contribution in [0, 0.1) is 11.6 Å². The van der Waals surface area contributed by atoms with Crippen molar-refractivity contribution in [3.05, 3.63) is 107 Å². The number of carbonyl (C=O) groups is 2. The normalized spacial score (nSPS) is 28.1. The number of nitrogens with zero attached hydrogens (tertiary/aromatic N) is 4. The van der Waals surface area contributed by atoms with Crippen molar-refractivity contribution in [2.45, 2.75) is 61.9 Å². The Bertz CT molecular complexity index is 1720. The highest BCUT2D eigenvalue weighted by molar-refractivity contribution is 6.06. The van der Waals surface area contributed by atoms with E-state index in [4.69, 9.17) is 4.98 Å². The van der Waals surface area contributed by atoms with Gasteiger partial charge in [0.1, 0.15) is 23.0 Å². The Kier molecular flexibility index (Phi) is 6.77. The fourth-order valence-electron chi connectivity index (χ4n) is 7.80. The van der Waals surface area contributed by atoms with Crippen LogP contribution in [0.1, 0.15) is 60.6 Å². The quantitative estimate of drug-likeness (QED) is 0.414. The summed E-state index contributed by atoms with van der Waals surface area (Å²) in [5, 5.41) is 2.93. The second-order valence-electron chi connectivity index (χ2n) is 12.9. The number of anilines is 1. The number of amides is 2. The number of rotatable bonds is 4. The molecule has 2 amide bonds. The van der Waals surface area contributed by atoms with Gasteiger partial charge < -0.3 is 10.2 Å². The molecule has 1 fully saturated rings. The van der Waals surface area contributed by atoms with E-state index in [2.05, 4.69) is 33.4 Å². The Morgan fingerprint density at radius 2 is 1.89 bits per heavy atom. The van der Waals surface area contributed by atoms with Crippen LogP contribution >= 0.6 is 0 Å². The molecule has 44 heavy (non-hydrogen) atoms. The molecule has 1 N–H and O–H groups in total. The summed E-state index contributed by atoms with van der Waals surface area (Å²) in [5.41, 5.74) is 1.74. The van der Waals surface area contributed by atoms with Gasteiger partial charge in [-0.05, 0) is 87.0 Å². The van der Waals surface area contributed by atoms with Crippen LogP contribution in [0.5, 0.6) is 0 Å². The van der Waals surface area contributed by atoms with Crippen molar-refractivity contribution in [1.29, 1.82) is 0 Å². The molecule has 0 bridgehead atoms. The lowest BCUT2D eigenvalue weighted by Crippen LogP contribution is -2.70. The maximum absolute atomic E-state index is 14.5. The summed E-state index contributed by atoms with van der Waals surface area (Å²) < 4.78 is 28.9. The molecule has 1 saturated heterocycles. The summed E-state index contributed by atoms with van der Waals surface area (Å²) in [4.78, 5) is 40.5. The fourth-order valence-corrected chi connectivity index (χ4v) is 7.80. The molecule has 3 atom stereocenters. The van der Waals surface area contributed by atoms with Gasteiger partial charge in [0.15, 0.2) is 0 Å². The molecule has 2 aliphatic carbocycles. The Morgan fingerprint density at radius 3 is 2.70 bits per heavy atom. The topological polar surface area (TPSA) is 78.4 Å². The number of piperazine rings is 1. The largest absolute Gasteiger partial charge is 0.327 e. The molecule has 3 unspecified atom stereocenters. The Hall–Kier alpha value is -4.24. The predicted octanol–water partition coefficient (Wildman–Crippen LogP) is 5.32. The minimum absolute atomic E-state index is 0.0387. The molecule has 7 nitrogen and oxygen atoms in total. The van der Waals surface area contributed by atoms with Gasteiger partial charge in [-0.2, -0.15) is 0 Å². The summed E-state index contributed by atoms with van der Waals surface area (Å²) in [6.07, 6.45) is 15.7. The number of halogens is 2. The number of hydrogen-bond donors (Lipinski definition) is 1. The predicted molar refractivity (Wildman–Crippen MR) is 164 cm³/mol. The summed E-state index contributed by atoms with van der Waals surface area (Å²) in [6.45, 7) is 2.58. The number of benzene rings is 1. The molecule has 1 aromatic carbocycles. The third-order valence-electron chi connectivity index (χ3n) is 10.2. The molecular weight excluding hydrogens is 560 g/mol. The summed E-state index contributed by atoms with van der Waals surface area (Å²) in [5.74, 6) is -0.805. The molecule has 9 heteroatoms. The lowest BCUT2D eigenvalue weighted by atomic mass is 9.77. The van der Waals surface area contributed by atoms with Gasteiger partial charge in [-0.1, -0.05) is 30.4 Å². The van der Waals surface area contributed by atoms with Crippen molar-refractivity contribution in [3.8, 4) is 0 Å². The van der Waals surface area contributed by atoms with Crippen molar-refractivity contribution < 1.29 is 18.4 Å². The highest BCUT2D eigenvalue weighted by Gasteiger charge is 2.55. The number of hydrogen-bond acceptors (Lipinski definition) is 5. The van der Waals surface area contributed by atoms with Crippen LogP contribution in [-0.2, 0) is 33.4 Å². The molecular formula is C35H35F2N5O2. The smallest absolute Gasteiger partial charge is 0.244 e. The van der Waals surface area contributed by atoms with Gasteiger partial charge in [0.2, 0.25) is 11.8 Å². The van der Waals surface area contributed by atoms with E-state index in [1.54, 1.807) is 17.3 Å². The lowest BCUT2D eigenvalue weighted by molar-refractivity contribution is -0.163. The first kappa shape index (κ1) is 28.5. The van der Waals surface area contributed by atoms with Gasteiger partial charge in [0, 0.05) is 49.2 Å². The molecule has 4 aliphatic rings. The number of likely N-dealkylation sites (N-methyl/N-ethyl adjacent to an activating group) is 1. The van der Waals surface area contributed by atoms with E-state index in [1.165, 1.54) is 12.1 Å². The van der Waals surface area contributed by atoms with Crippen LogP contribution in [0.4, 0.5) is 14.6 Å². The number of aromatic nitrogens is 2. The van der Waals surface area contributed by atoms with Crippen LogP contribution in [-0.4, -0.2) is 57.3 Å². The molecule has 226 valence electrons. The van der Waals surface area contributed by atoms with Crippen molar-refractivity contribution in [2.24, 2.45) is 0 Å². The van der Waals surface area contributed by atoms with Gasteiger partial charge in [-0.3, -0.25) is 19.5 Å². The van der Waals surface area contributed by atoms with Crippen LogP contribution in [0.2, 0.25) is 0 Å². The first-order chi connectivity index (χ1) is 21.1. The van der Waals surface area contributed by atoms with Gasteiger partial charge in [0.25, 0.3) is 0 Å². The second kappa shape index (κ2) is 10.4. The highest BCUT2D eigenvalue weighted by atomic mass is 19.1. The van der Waals surface area contributed by atoms with Crippen LogP contribution < -0.4 is 5.32 Å². The minimum Gasteiger partial charge on any atom is -0.327 e. The number of allylic oxidation sites excluding steroid dienone is 1. The number of pyridine rings is 2. The zero-order valence-corrected chi connectivity index (χ0v) is 24.9. The van der Waals surface area contributed by atoms with E-state index in [0.29, 0.717) is 43.6 Å². The molecule has 0 saturated carbocycles. The monoisotopic (exact) mass is 595 g/mol. The summed E-state index contributed by atoms with van der Waals surface area (Å²) in [6, 6.07) is 9.39. The lowest BCUT2D eigenvalue weighted by Gasteiger charge is -2.56. The van der Waals surface area contributed by atoms with Crippen molar-refractivity contribution in [3.63, 3.8) is 0 Å². The van der Waals surface area contributed by atoms with E-state index in [9.17, 15) is 18.4 Å².